The predicted molar refractivity (Wildman–Crippen MR) is 171 cm³/mol. The zero-order chi connectivity index (χ0) is 32.7. The predicted octanol–water partition coefficient (Wildman–Crippen LogP) is 5.47. The maximum atomic E-state index is 17.1. The zero-order valence-electron chi connectivity index (χ0n) is 26.0. The zero-order valence-corrected chi connectivity index (χ0v) is 26.8. The molecule has 0 spiro atoms. The van der Waals surface area contributed by atoms with Gasteiger partial charge in [-0.3, -0.25) is 15.0 Å². The van der Waals surface area contributed by atoms with Gasteiger partial charge in [-0.1, -0.05) is 11.6 Å². The number of halogens is 4. The van der Waals surface area contributed by atoms with Gasteiger partial charge in [-0.05, 0) is 62.1 Å². The van der Waals surface area contributed by atoms with Gasteiger partial charge < -0.3 is 19.7 Å². The van der Waals surface area contributed by atoms with E-state index >= 15 is 8.78 Å². The number of piperidine rings is 1. The third kappa shape index (κ3) is 4.93. The van der Waals surface area contributed by atoms with Gasteiger partial charge in [-0.2, -0.15) is 15.1 Å². The number of pyridine rings is 1. The summed E-state index contributed by atoms with van der Waals surface area (Å²) in [6, 6.07) is 0.835. The maximum Gasteiger partial charge on any atom is 0.407 e. The number of carbonyl (C=O) groups is 1. The fourth-order valence-electron chi connectivity index (χ4n) is 8.51. The van der Waals surface area contributed by atoms with Crippen LogP contribution in [0.1, 0.15) is 50.0 Å². The SMILES string of the molecule is O=C1N[C@H]2CN(CC[C@H]2F)c2nc(OC[C@@]34CCCN3C[C@H](F)C4)nc3c(F)c(ncc23)-c2c(c(Cl)cc3[nH]ncc23)[C@H]2C[C@H]2CCO1. The third-order valence-electron chi connectivity index (χ3n) is 11.0. The molecule has 11 nitrogen and oxygen atoms in total. The first-order valence-electron chi connectivity index (χ1n) is 16.6. The summed E-state index contributed by atoms with van der Waals surface area (Å²) in [5.74, 6) is -0.250. The number of anilines is 1. The summed E-state index contributed by atoms with van der Waals surface area (Å²) in [4.78, 5) is 30.7. The number of aromatic amines is 1. The molecule has 4 aromatic rings. The number of rotatable bonds is 3. The van der Waals surface area contributed by atoms with E-state index in [1.54, 1.807) is 17.2 Å². The van der Waals surface area contributed by atoms with Crippen LogP contribution in [-0.4, -0.2) is 99.5 Å². The van der Waals surface area contributed by atoms with E-state index in [2.05, 4.69) is 30.4 Å². The minimum Gasteiger partial charge on any atom is -0.461 e. The number of carbonyl (C=O) groups excluding carboxylic acids is 1. The lowest BCUT2D eigenvalue weighted by Crippen LogP contribution is -2.54. The molecule has 1 aromatic carbocycles. The molecule has 48 heavy (non-hydrogen) atoms. The monoisotopic (exact) mass is 682 g/mol. The molecule has 1 amide bonds. The van der Waals surface area contributed by atoms with Crippen LogP contribution in [-0.2, 0) is 4.74 Å². The standard InChI is InChI=1S/C33H34ClF3N8O3/c34-21-9-23-19(12-39-43-23)26-25(21)18-8-16(18)3-7-47-32(46)40-24-14-44(6-2-22(24)36)30-20-11-38-29(26)27(37)28(20)41-31(42-30)48-15-33-4-1-5-45(33)13-17(35)10-33/h9,11-12,16-18,22,24H,1-8,10,13-15H2,(H,39,43)(H,40,46)/t16-,17-,18+,22-,24+,33+/m1/s1. The van der Waals surface area contributed by atoms with Gasteiger partial charge in [0.1, 0.15) is 36.0 Å². The van der Waals surface area contributed by atoms with Crippen LogP contribution in [0.25, 0.3) is 33.1 Å². The Labute approximate surface area is 278 Å². The van der Waals surface area contributed by atoms with E-state index in [1.807, 2.05) is 0 Å². The highest BCUT2D eigenvalue weighted by Crippen LogP contribution is 2.56. The van der Waals surface area contributed by atoms with Crippen LogP contribution in [0.3, 0.4) is 0 Å². The van der Waals surface area contributed by atoms with Gasteiger partial charge in [-0.15, -0.1) is 0 Å². The smallest absolute Gasteiger partial charge is 0.407 e. The summed E-state index contributed by atoms with van der Waals surface area (Å²) in [5.41, 5.74) is 1.50. The highest BCUT2D eigenvalue weighted by molar-refractivity contribution is 6.33. The second-order valence-corrected chi connectivity index (χ2v) is 14.3. The molecule has 5 aliphatic heterocycles. The number of fused-ring (bicyclic) bond motifs is 7. The summed E-state index contributed by atoms with van der Waals surface area (Å²) in [6.07, 6.45) is 3.72. The lowest BCUT2D eigenvalue weighted by atomic mass is 9.94. The number of nitrogens with zero attached hydrogens (tertiary/aromatic N) is 6. The molecule has 10 rings (SSSR count). The number of hydrogen-bond donors (Lipinski definition) is 2. The molecule has 6 aliphatic rings. The fourth-order valence-corrected chi connectivity index (χ4v) is 8.85. The molecular formula is C33H34ClF3N8O3. The molecule has 3 aromatic heterocycles. The van der Waals surface area contributed by atoms with Gasteiger partial charge in [0.05, 0.1) is 35.3 Å². The Kier molecular flexibility index (Phi) is 7.12. The van der Waals surface area contributed by atoms with Crippen molar-refractivity contribution in [2.75, 3.05) is 44.3 Å². The number of ether oxygens (including phenoxy) is 2. The van der Waals surface area contributed by atoms with Crippen molar-refractivity contribution in [3.05, 3.63) is 34.9 Å². The van der Waals surface area contributed by atoms with E-state index in [0.717, 1.165) is 31.4 Å². The Morgan fingerprint density at radius 3 is 2.94 bits per heavy atom. The van der Waals surface area contributed by atoms with E-state index in [9.17, 15) is 9.18 Å². The Balaban J connectivity index is 1.21. The Morgan fingerprint density at radius 2 is 2.04 bits per heavy atom. The number of amides is 1. The Bertz CT molecular complexity index is 1950. The average Bonchev–Trinajstić information content (AvgIpc) is 3.32. The molecule has 1 aliphatic carbocycles. The normalized spacial score (nSPS) is 30.2. The molecular weight excluding hydrogens is 649 g/mol. The number of aromatic nitrogens is 5. The molecule has 3 saturated heterocycles. The summed E-state index contributed by atoms with van der Waals surface area (Å²) >= 11 is 6.89. The molecule has 1 saturated carbocycles. The lowest BCUT2D eigenvalue weighted by Gasteiger charge is -2.36. The van der Waals surface area contributed by atoms with Crippen LogP contribution in [0.2, 0.25) is 5.02 Å². The van der Waals surface area contributed by atoms with Crippen molar-refractivity contribution in [2.45, 2.75) is 68.4 Å². The molecule has 0 unspecified atom stereocenters. The van der Waals surface area contributed by atoms with E-state index in [4.69, 9.17) is 26.1 Å². The first-order valence-corrected chi connectivity index (χ1v) is 17.0. The van der Waals surface area contributed by atoms with Crippen molar-refractivity contribution >= 4 is 45.3 Å². The summed E-state index contributed by atoms with van der Waals surface area (Å²) in [7, 11) is 0. The number of H-pyrrole nitrogens is 1. The number of nitrogens with one attached hydrogen (secondary N) is 2. The van der Waals surface area contributed by atoms with Crippen molar-refractivity contribution in [2.24, 2.45) is 5.92 Å². The molecule has 8 heterocycles. The lowest BCUT2D eigenvalue weighted by molar-refractivity contribution is 0.107. The van der Waals surface area contributed by atoms with Crippen molar-refractivity contribution in [3.8, 4) is 17.3 Å². The number of hydrogen-bond acceptors (Lipinski definition) is 9. The second kappa shape index (κ2) is 11.3. The van der Waals surface area contributed by atoms with Gasteiger partial charge in [0.2, 0.25) is 0 Å². The van der Waals surface area contributed by atoms with E-state index in [1.165, 1.54) is 6.20 Å². The van der Waals surface area contributed by atoms with Crippen molar-refractivity contribution < 1.29 is 27.4 Å². The van der Waals surface area contributed by atoms with Gasteiger partial charge in [0, 0.05) is 48.2 Å². The molecule has 0 radical (unpaired) electrons. The molecule has 2 N–H and O–H groups in total. The molecule has 4 fully saturated rings. The van der Waals surface area contributed by atoms with Crippen molar-refractivity contribution in [1.82, 2.24) is 35.4 Å². The topological polar surface area (TPSA) is 121 Å². The van der Waals surface area contributed by atoms with Crippen LogP contribution in [0.5, 0.6) is 6.01 Å². The Morgan fingerprint density at radius 1 is 1.15 bits per heavy atom. The van der Waals surface area contributed by atoms with Crippen LogP contribution >= 0.6 is 11.6 Å². The highest BCUT2D eigenvalue weighted by atomic mass is 35.5. The quantitative estimate of drug-likeness (QED) is 0.290. The van der Waals surface area contributed by atoms with Crippen molar-refractivity contribution in [3.63, 3.8) is 0 Å². The number of benzene rings is 1. The number of alkyl carbamates (subject to hydrolysis) is 1. The first kappa shape index (κ1) is 30.2. The highest BCUT2D eigenvalue weighted by Gasteiger charge is 2.49. The number of alkyl halides is 2. The minimum atomic E-state index is -1.31. The molecule has 252 valence electrons. The maximum absolute atomic E-state index is 17.1. The van der Waals surface area contributed by atoms with Gasteiger partial charge in [0.25, 0.3) is 0 Å². The van der Waals surface area contributed by atoms with Crippen molar-refractivity contribution in [1.29, 1.82) is 0 Å². The first-order chi connectivity index (χ1) is 23.3. The largest absolute Gasteiger partial charge is 0.461 e. The molecule has 15 heteroatoms. The van der Waals surface area contributed by atoms with Crippen LogP contribution in [0, 0.1) is 11.7 Å². The molecule has 6 atom stereocenters. The van der Waals surface area contributed by atoms with Gasteiger partial charge >= 0.3 is 12.1 Å². The van der Waals surface area contributed by atoms with E-state index in [-0.39, 0.29) is 61.8 Å². The third-order valence-corrected chi connectivity index (χ3v) is 11.3. The Hall–Kier alpha value is -3.91. The van der Waals surface area contributed by atoms with Crippen LogP contribution in [0.15, 0.2) is 18.5 Å². The van der Waals surface area contributed by atoms with E-state index in [0.29, 0.717) is 52.1 Å². The second-order valence-electron chi connectivity index (χ2n) is 13.9. The van der Waals surface area contributed by atoms with E-state index < -0.39 is 35.8 Å². The average molecular weight is 683 g/mol. The fraction of sp³-hybridized carbons (Fsp3) is 0.545. The van der Waals surface area contributed by atoms with Crippen LogP contribution < -0.4 is 15.0 Å². The summed E-state index contributed by atoms with van der Waals surface area (Å²) in [5, 5.41) is 11.3. The summed E-state index contributed by atoms with van der Waals surface area (Å²) < 4.78 is 58.6. The van der Waals surface area contributed by atoms with Crippen LogP contribution in [0.4, 0.5) is 23.8 Å². The molecule has 6 bridgehead atoms. The minimum absolute atomic E-state index is 0.0129. The van der Waals surface area contributed by atoms with Gasteiger partial charge in [-0.25, -0.2) is 18.0 Å². The van der Waals surface area contributed by atoms with Gasteiger partial charge in [0.15, 0.2) is 5.82 Å². The summed E-state index contributed by atoms with van der Waals surface area (Å²) in [6.45, 7) is 1.76.